The van der Waals surface area contributed by atoms with Gasteiger partial charge in [-0.15, -0.1) is 0 Å². The van der Waals surface area contributed by atoms with Crippen LogP contribution in [-0.2, 0) is 4.74 Å². The number of hydrogen-bond donors (Lipinski definition) is 1. The van der Waals surface area contributed by atoms with Crippen LogP contribution in [-0.4, -0.2) is 11.6 Å². The molecule has 0 saturated heterocycles. The van der Waals surface area contributed by atoms with Crippen molar-refractivity contribution in [1.29, 1.82) is 0 Å². The maximum atomic E-state index is 11.2. The second-order valence-electron chi connectivity index (χ2n) is 2.70. The lowest BCUT2D eigenvalue weighted by molar-refractivity contribution is 0.299. The van der Waals surface area contributed by atoms with E-state index in [1.54, 1.807) is 19.2 Å². The van der Waals surface area contributed by atoms with Crippen LogP contribution < -0.4 is 5.56 Å². The first-order valence-electron chi connectivity index (χ1n) is 4.17. The lowest BCUT2D eigenvalue weighted by Gasteiger charge is -2.08. The summed E-state index contributed by atoms with van der Waals surface area (Å²) in [6.45, 7) is 7.93. The summed E-state index contributed by atoms with van der Waals surface area (Å²) in [6, 6.07) is 1.79. The van der Waals surface area contributed by atoms with E-state index in [1.165, 1.54) is 0 Å². The number of aromatic nitrogens is 1. The first-order chi connectivity index (χ1) is 6.16. The summed E-state index contributed by atoms with van der Waals surface area (Å²) in [5, 5.41) is 0. The molecule has 1 rings (SSSR count). The van der Waals surface area contributed by atoms with Crippen LogP contribution in [0.15, 0.2) is 23.6 Å². The number of nitrogens with one attached hydrogen (secondary N) is 1. The van der Waals surface area contributed by atoms with E-state index >= 15 is 0 Å². The van der Waals surface area contributed by atoms with Gasteiger partial charge in [0, 0.05) is 17.3 Å². The Morgan fingerprint density at radius 3 is 3.00 bits per heavy atom. The van der Waals surface area contributed by atoms with Gasteiger partial charge in [-0.05, 0) is 19.9 Å². The first kappa shape index (κ1) is 9.58. The SMILES string of the molecule is C=C(OCC)c1cc[nH]c(=O)c1C. The third-order valence-corrected chi connectivity index (χ3v) is 1.83. The second-order valence-corrected chi connectivity index (χ2v) is 2.70. The monoisotopic (exact) mass is 179 g/mol. The molecule has 0 aliphatic carbocycles. The zero-order valence-electron chi connectivity index (χ0n) is 7.89. The molecular formula is C10H13NO2. The molecule has 0 radical (unpaired) electrons. The van der Waals surface area contributed by atoms with E-state index in [1.807, 2.05) is 6.92 Å². The maximum absolute atomic E-state index is 11.2. The Bertz CT molecular complexity index is 365. The first-order valence-corrected chi connectivity index (χ1v) is 4.17. The number of ether oxygens (including phenoxy) is 1. The van der Waals surface area contributed by atoms with Crippen molar-refractivity contribution in [2.75, 3.05) is 6.61 Å². The van der Waals surface area contributed by atoms with E-state index in [2.05, 4.69) is 11.6 Å². The topological polar surface area (TPSA) is 42.1 Å². The molecule has 0 saturated carbocycles. The minimum absolute atomic E-state index is 0.0987. The maximum Gasteiger partial charge on any atom is 0.251 e. The average Bonchev–Trinajstić information content (AvgIpc) is 2.10. The van der Waals surface area contributed by atoms with Crippen LogP contribution in [0.25, 0.3) is 5.76 Å². The van der Waals surface area contributed by atoms with Gasteiger partial charge in [0.15, 0.2) is 0 Å². The molecule has 1 aromatic rings. The molecule has 0 amide bonds. The van der Waals surface area contributed by atoms with E-state index in [4.69, 9.17) is 4.74 Å². The molecule has 1 N–H and O–H groups in total. The molecule has 0 spiro atoms. The van der Waals surface area contributed by atoms with Gasteiger partial charge in [0.05, 0.1) is 6.61 Å². The van der Waals surface area contributed by atoms with Crippen molar-refractivity contribution in [3.63, 3.8) is 0 Å². The molecule has 0 aliphatic heterocycles. The Morgan fingerprint density at radius 2 is 2.38 bits per heavy atom. The van der Waals surface area contributed by atoms with Gasteiger partial charge in [-0.3, -0.25) is 4.79 Å². The lowest BCUT2D eigenvalue weighted by atomic mass is 10.1. The molecule has 0 fully saturated rings. The predicted octanol–water partition coefficient (Wildman–Crippen LogP) is 1.69. The van der Waals surface area contributed by atoms with Crippen LogP contribution in [0.3, 0.4) is 0 Å². The van der Waals surface area contributed by atoms with Gasteiger partial charge in [0.1, 0.15) is 5.76 Å². The van der Waals surface area contributed by atoms with Crippen LogP contribution in [0.2, 0.25) is 0 Å². The molecule has 1 aromatic heterocycles. The summed E-state index contributed by atoms with van der Waals surface area (Å²) < 4.78 is 5.22. The van der Waals surface area contributed by atoms with Gasteiger partial charge in [-0.1, -0.05) is 6.58 Å². The van der Waals surface area contributed by atoms with Crippen LogP contribution in [0.5, 0.6) is 0 Å². The van der Waals surface area contributed by atoms with Crippen molar-refractivity contribution in [2.24, 2.45) is 0 Å². The third kappa shape index (κ3) is 1.99. The van der Waals surface area contributed by atoms with E-state index in [0.717, 1.165) is 5.56 Å². The highest BCUT2D eigenvalue weighted by Crippen LogP contribution is 2.14. The molecule has 3 heteroatoms. The number of pyridine rings is 1. The third-order valence-electron chi connectivity index (χ3n) is 1.83. The number of H-pyrrole nitrogens is 1. The van der Waals surface area contributed by atoms with E-state index < -0.39 is 0 Å². The zero-order valence-corrected chi connectivity index (χ0v) is 7.89. The minimum Gasteiger partial charge on any atom is -0.494 e. The largest absolute Gasteiger partial charge is 0.494 e. The summed E-state index contributed by atoms with van der Waals surface area (Å²) >= 11 is 0. The minimum atomic E-state index is -0.0987. The predicted molar refractivity (Wildman–Crippen MR) is 52.5 cm³/mol. The molecule has 0 aliphatic rings. The Balaban J connectivity index is 3.08. The second kappa shape index (κ2) is 3.94. The average molecular weight is 179 g/mol. The van der Waals surface area contributed by atoms with Gasteiger partial charge >= 0.3 is 0 Å². The normalized spacial score (nSPS) is 9.69. The van der Waals surface area contributed by atoms with Crippen molar-refractivity contribution >= 4 is 5.76 Å². The molecule has 70 valence electrons. The van der Waals surface area contributed by atoms with E-state index in [-0.39, 0.29) is 5.56 Å². The fourth-order valence-electron chi connectivity index (χ4n) is 1.11. The van der Waals surface area contributed by atoms with E-state index in [0.29, 0.717) is 17.9 Å². The number of aromatic amines is 1. The van der Waals surface area contributed by atoms with Crippen molar-refractivity contribution in [2.45, 2.75) is 13.8 Å². The Labute approximate surface area is 77.1 Å². The summed E-state index contributed by atoms with van der Waals surface area (Å²) in [5.41, 5.74) is 1.31. The molecule has 0 aromatic carbocycles. The van der Waals surface area contributed by atoms with Crippen LogP contribution in [0.1, 0.15) is 18.1 Å². The number of rotatable bonds is 3. The molecular weight excluding hydrogens is 166 g/mol. The lowest BCUT2D eigenvalue weighted by Crippen LogP contribution is -2.11. The highest BCUT2D eigenvalue weighted by Gasteiger charge is 2.05. The summed E-state index contributed by atoms with van der Waals surface area (Å²) in [6.07, 6.45) is 1.59. The van der Waals surface area contributed by atoms with Crippen LogP contribution >= 0.6 is 0 Å². The highest BCUT2D eigenvalue weighted by atomic mass is 16.5. The number of hydrogen-bond acceptors (Lipinski definition) is 2. The van der Waals surface area contributed by atoms with Crippen molar-refractivity contribution in [1.82, 2.24) is 4.98 Å². The fraction of sp³-hybridized carbons (Fsp3) is 0.300. The Kier molecular flexibility index (Phi) is 2.90. The van der Waals surface area contributed by atoms with Crippen molar-refractivity contribution < 1.29 is 4.74 Å². The van der Waals surface area contributed by atoms with Crippen molar-refractivity contribution in [3.8, 4) is 0 Å². The Morgan fingerprint density at radius 1 is 1.69 bits per heavy atom. The summed E-state index contributed by atoms with van der Waals surface area (Å²) in [4.78, 5) is 13.8. The highest BCUT2D eigenvalue weighted by molar-refractivity contribution is 5.59. The smallest absolute Gasteiger partial charge is 0.251 e. The standard InChI is InChI=1S/C10H13NO2/c1-4-13-8(3)9-5-6-11-10(12)7(9)2/h5-6H,3-4H2,1-2H3,(H,11,12). The van der Waals surface area contributed by atoms with Gasteiger partial charge in [0.25, 0.3) is 5.56 Å². The zero-order chi connectivity index (χ0) is 9.84. The fourth-order valence-corrected chi connectivity index (χ4v) is 1.11. The Hall–Kier alpha value is -1.51. The van der Waals surface area contributed by atoms with Gasteiger partial charge in [-0.25, -0.2) is 0 Å². The van der Waals surface area contributed by atoms with Crippen molar-refractivity contribution in [3.05, 3.63) is 40.3 Å². The van der Waals surface area contributed by atoms with E-state index in [9.17, 15) is 4.79 Å². The van der Waals surface area contributed by atoms with Gasteiger partial charge in [-0.2, -0.15) is 0 Å². The van der Waals surface area contributed by atoms with Gasteiger partial charge in [0.2, 0.25) is 0 Å². The molecule has 3 nitrogen and oxygen atoms in total. The summed E-state index contributed by atoms with van der Waals surface area (Å²) in [7, 11) is 0. The quantitative estimate of drug-likeness (QED) is 0.717. The van der Waals surface area contributed by atoms with Crippen LogP contribution in [0, 0.1) is 6.92 Å². The molecule has 1 heterocycles. The molecule has 13 heavy (non-hydrogen) atoms. The van der Waals surface area contributed by atoms with Crippen LogP contribution in [0.4, 0.5) is 0 Å². The molecule has 0 unspecified atom stereocenters. The molecule has 0 atom stereocenters. The summed E-state index contributed by atoms with van der Waals surface area (Å²) in [5.74, 6) is 0.547. The molecule has 0 bridgehead atoms. The van der Waals surface area contributed by atoms with Gasteiger partial charge < -0.3 is 9.72 Å².